The van der Waals surface area contributed by atoms with Crippen molar-refractivity contribution in [3.8, 4) is 11.3 Å². The highest BCUT2D eigenvalue weighted by molar-refractivity contribution is 6.35. The van der Waals surface area contributed by atoms with E-state index in [4.69, 9.17) is 11.6 Å². The summed E-state index contributed by atoms with van der Waals surface area (Å²) in [7, 11) is 0. The Morgan fingerprint density at radius 1 is 1.05 bits per heavy atom. The number of benzene rings is 2. The van der Waals surface area contributed by atoms with Crippen LogP contribution in [-0.4, -0.2) is 4.98 Å². The highest BCUT2D eigenvalue weighted by Gasteiger charge is 2.08. The second kappa shape index (κ2) is 4.63. The molecule has 0 amide bonds. The molecule has 0 aliphatic rings. The van der Waals surface area contributed by atoms with Gasteiger partial charge in [-0.15, -0.1) is 0 Å². The molecule has 0 aliphatic heterocycles. The Balaban J connectivity index is 2.28. The first kappa shape index (κ1) is 12.1. The molecule has 0 unspecified atom stereocenters. The molecule has 0 spiro atoms. The Morgan fingerprint density at radius 3 is 2.53 bits per heavy atom. The molecule has 0 atom stereocenters. The van der Waals surface area contributed by atoms with Crippen LogP contribution in [0.3, 0.4) is 0 Å². The normalized spacial score (nSPS) is 10.9. The molecule has 0 fully saturated rings. The molecular formula is C16H11ClFN. The number of halogens is 2. The van der Waals surface area contributed by atoms with Crippen LogP contribution in [0.2, 0.25) is 5.02 Å². The third-order valence-corrected chi connectivity index (χ3v) is 3.42. The zero-order valence-corrected chi connectivity index (χ0v) is 11.1. The van der Waals surface area contributed by atoms with Crippen LogP contribution in [0, 0.1) is 12.7 Å². The lowest BCUT2D eigenvalue weighted by Gasteiger charge is -2.07. The lowest BCUT2D eigenvalue weighted by Crippen LogP contribution is -1.90. The molecule has 0 aliphatic carbocycles. The monoisotopic (exact) mass is 271 g/mol. The van der Waals surface area contributed by atoms with Gasteiger partial charge < -0.3 is 0 Å². The second-order valence-corrected chi connectivity index (χ2v) is 4.88. The molecule has 3 rings (SSSR count). The molecule has 94 valence electrons. The van der Waals surface area contributed by atoms with Crippen LogP contribution in [-0.2, 0) is 0 Å². The smallest absolute Gasteiger partial charge is 0.128 e. The maximum atomic E-state index is 13.6. The van der Waals surface area contributed by atoms with E-state index in [1.165, 1.54) is 6.07 Å². The average molecular weight is 272 g/mol. The highest BCUT2D eigenvalue weighted by Crippen LogP contribution is 2.29. The van der Waals surface area contributed by atoms with Gasteiger partial charge in [0.1, 0.15) is 5.82 Å². The first-order valence-corrected chi connectivity index (χ1v) is 6.35. The predicted molar refractivity (Wildman–Crippen MR) is 76.9 cm³/mol. The van der Waals surface area contributed by atoms with Crippen molar-refractivity contribution in [2.24, 2.45) is 0 Å². The maximum absolute atomic E-state index is 13.6. The molecule has 0 saturated heterocycles. The summed E-state index contributed by atoms with van der Waals surface area (Å²) in [4.78, 5) is 4.48. The zero-order valence-electron chi connectivity index (χ0n) is 10.3. The molecule has 3 heteroatoms. The van der Waals surface area contributed by atoms with Gasteiger partial charge in [-0.25, -0.2) is 9.37 Å². The third-order valence-electron chi connectivity index (χ3n) is 3.11. The van der Waals surface area contributed by atoms with Gasteiger partial charge in [-0.3, -0.25) is 0 Å². The maximum Gasteiger partial charge on any atom is 0.128 e. The van der Waals surface area contributed by atoms with Crippen LogP contribution in [0.1, 0.15) is 5.56 Å². The lowest BCUT2D eigenvalue weighted by molar-refractivity contribution is 0.620. The number of nitrogens with zero attached hydrogens (tertiary/aromatic N) is 1. The summed E-state index contributed by atoms with van der Waals surface area (Å²) in [6, 6.07) is 14.7. The summed E-state index contributed by atoms with van der Waals surface area (Å²) in [5.41, 5.74) is 2.87. The Hall–Kier alpha value is -1.93. The van der Waals surface area contributed by atoms with Crippen molar-refractivity contribution in [1.82, 2.24) is 4.98 Å². The molecule has 1 nitrogen and oxygen atoms in total. The van der Waals surface area contributed by atoms with E-state index >= 15 is 0 Å². The summed E-state index contributed by atoms with van der Waals surface area (Å²) >= 11 is 6.27. The van der Waals surface area contributed by atoms with E-state index in [-0.39, 0.29) is 5.82 Å². The van der Waals surface area contributed by atoms with Crippen molar-refractivity contribution in [3.05, 3.63) is 64.9 Å². The molecule has 19 heavy (non-hydrogen) atoms. The second-order valence-electron chi connectivity index (χ2n) is 4.47. The standard InChI is InChI=1S/C16H11ClFN/c1-10-7-12-13(17)8-15(11-5-3-2-4-6-11)19-16(12)9-14(10)18/h2-9H,1H3. The number of aryl methyl sites for hydroxylation is 1. The summed E-state index contributed by atoms with van der Waals surface area (Å²) in [5, 5.41) is 1.37. The van der Waals surface area contributed by atoms with Crippen LogP contribution < -0.4 is 0 Å². The Kier molecular flexibility index (Phi) is 2.96. The van der Waals surface area contributed by atoms with E-state index in [0.717, 1.165) is 16.6 Å². The minimum Gasteiger partial charge on any atom is -0.248 e. The fraction of sp³-hybridized carbons (Fsp3) is 0.0625. The van der Waals surface area contributed by atoms with Crippen LogP contribution in [0.15, 0.2) is 48.5 Å². The molecule has 1 aromatic heterocycles. The van der Waals surface area contributed by atoms with E-state index in [1.54, 1.807) is 13.0 Å². The lowest BCUT2D eigenvalue weighted by atomic mass is 10.1. The Morgan fingerprint density at radius 2 is 1.79 bits per heavy atom. The van der Waals surface area contributed by atoms with E-state index in [1.807, 2.05) is 36.4 Å². The van der Waals surface area contributed by atoms with Gasteiger partial charge in [-0.2, -0.15) is 0 Å². The number of hydrogen-bond acceptors (Lipinski definition) is 1. The topological polar surface area (TPSA) is 12.9 Å². The summed E-state index contributed by atoms with van der Waals surface area (Å²) in [5.74, 6) is -0.263. The zero-order chi connectivity index (χ0) is 13.4. The molecule has 2 aromatic carbocycles. The quantitative estimate of drug-likeness (QED) is 0.607. The first-order valence-electron chi connectivity index (χ1n) is 5.97. The summed E-state index contributed by atoms with van der Waals surface area (Å²) in [6.45, 7) is 1.72. The van der Waals surface area contributed by atoms with E-state index < -0.39 is 0 Å². The van der Waals surface area contributed by atoms with E-state index in [2.05, 4.69) is 4.98 Å². The van der Waals surface area contributed by atoms with Crippen molar-refractivity contribution in [2.45, 2.75) is 6.92 Å². The molecule has 0 saturated carbocycles. The number of rotatable bonds is 1. The van der Waals surface area contributed by atoms with Gasteiger partial charge in [0, 0.05) is 17.0 Å². The van der Waals surface area contributed by atoms with Crippen LogP contribution in [0.5, 0.6) is 0 Å². The SMILES string of the molecule is Cc1cc2c(Cl)cc(-c3ccccc3)nc2cc1F. The van der Waals surface area contributed by atoms with Gasteiger partial charge in [-0.1, -0.05) is 41.9 Å². The van der Waals surface area contributed by atoms with Crippen LogP contribution in [0.25, 0.3) is 22.2 Å². The molecule has 1 heterocycles. The minimum absolute atomic E-state index is 0.263. The fourth-order valence-electron chi connectivity index (χ4n) is 2.07. The van der Waals surface area contributed by atoms with Crippen molar-refractivity contribution in [1.29, 1.82) is 0 Å². The minimum atomic E-state index is -0.263. The first-order chi connectivity index (χ1) is 9.15. The summed E-state index contributed by atoms with van der Waals surface area (Å²) < 4.78 is 13.6. The molecule has 0 bridgehead atoms. The van der Waals surface area contributed by atoms with Crippen LogP contribution in [0.4, 0.5) is 4.39 Å². The fourth-order valence-corrected chi connectivity index (χ4v) is 2.33. The number of aromatic nitrogens is 1. The molecule has 0 N–H and O–H groups in total. The van der Waals surface area contributed by atoms with Gasteiger partial charge in [0.15, 0.2) is 0 Å². The van der Waals surface area contributed by atoms with Gasteiger partial charge in [0.2, 0.25) is 0 Å². The van der Waals surface area contributed by atoms with E-state index in [0.29, 0.717) is 16.1 Å². The summed E-state index contributed by atoms with van der Waals surface area (Å²) in [6.07, 6.45) is 0. The van der Waals surface area contributed by atoms with Crippen molar-refractivity contribution < 1.29 is 4.39 Å². The van der Waals surface area contributed by atoms with Crippen molar-refractivity contribution in [2.75, 3.05) is 0 Å². The molecular weight excluding hydrogens is 261 g/mol. The number of hydrogen-bond donors (Lipinski definition) is 0. The van der Waals surface area contributed by atoms with Gasteiger partial charge in [0.25, 0.3) is 0 Å². The highest BCUT2D eigenvalue weighted by atomic mass is 35.5. The average Bonchev–Trinajstić information content (AvgIpc) is 2.42. The third kappa shape index (κ3) is 2.20. The van der Waals surface area contributed by atoms with Gasteiger partial charge in [-0.05, 0) is 24.6 Å². The molecule has 0 radical (unpaired) electrons. The number of pyridine rings is 1. The predicted octanol–water partition coefficient (Wildman–Crippen LogP) is 5.00. The van der Waals surface area contributed by atoms with Gasteiger partial charge in [0.05, 0.1) is 16.2 Å². The Labute approximate surface area is 115 Å². The molecule has 3 aromatic rings. The van der Waals surface area contributed by atoms with E-state index in [9.17, 15) is 4.39 Å². The number of fused-ring (bicyclic) bond motifs is 1. The largest absolute Gasteiger partial charge is 0.248 e. The van der Waals surface area contributed by atoms with Crippen LogP contribution >= 0.6 is 11.6 Å². The van der Waals surface area contributed by atoms with Crippen molar-refractivity contribution >= 4 is 22.5 Å². The van der Waals surface area contributed by atoms with Crippen molar-refractivity contribution in [3.63, 3.8) is 0 Å². The van der Waals surface area contributed by atoms with Gasteiger partial charge >= 0.3 is 0 Å². The Bertz CT molecular complexity index is 754.